The minimum atomic E-state index is 0.494. The summed E-state index contributed by atoms with van der Waals surface area (Å²) in [5.74, 6) is 0.797. The van der Waals surface area contributed by atoms with Gasteiger partial charge in [0.05, 0.1) is 7.11 Å². The average Bonchev–Trinajstić information content (AvgIpc) is 2.45. The molecule has 2 heterocycles. The Bertz CT molecular complexity index is 367. The van der Waals surface area contributed by atoms with Gasteiger partial charge in [0, 0.05) is 17.8 Å². The molecule has 0 spiro atoms. The van der Waals surface area contributed by atoms with Crippen LogP contribution in [-0.2, 0) is 0 Å². The second-order valence-corrected chi connectivity index (χ2v) is 5.00. The third-order valence-electron chi connectivity index (χ3n) is 3.77. The first-order chi connectivity index (χ1) is 8.86. The number of aromatic nitrogens is 1. The van der Waals surface area contributed by atoms with Gasteiger partial charge in [-0.15, -0.1) is 0 Å². The van der Waals surface area contributed by atoms with Crippen LogP contribution in [-0.4, -0.2) is 30.1 Å². The molecule has 1 aliphatic heterocycles. The van der Waals surface area contributed by atoms with Gasteiger partial charge >= 0.3 is 0 Å². The Morgan fingerprint density at radius 3 is 3.11 bits per heavy atom. The molecule has 0 unspecified atom stereocenters. The number of rotatable bonds is 5. The molecule has 3 heteroatoms. The molecule has 0 amide bonds. The second-order valence-electron chi connectivity index (χ2n) is 5.00. The molecule has 1 fully saturated rings. The van der Waals surface area contributed by atoms with Crippen LogP contribution in [0.3, 0.4) is 0 Å². The average molecular weight is 248 g/mol. The Morgan fingerprint density at radius 2 is 2.33 bits per heavy atom. The van der Waals surface area contributed by atoms with Gasteiger partial charge < -0.3 is 4.74 Å². The van der Waals surface area contributed by atoms with Crippen molar-refractivity contribution in [1.29, 1.82) is 0 Å². The zero-order valence-corrected chi connectivity index (χ0v) is 11.6. The van der Waals surface area contributed by atoms with Gasteiger partial charge in [-0.3, -0.25) is 4.90 Å². The highest BCUT2D eigenvalue weighted by Crippen LogP contribution is 2.34. The molecule has 0 radical (unpaired) electrons. The summed E-state index contributed by atoms with van der Waals surface area (Å²) in [6, 6.07) is 4.68. The van der Waals surface area contributed by atoms with Crippen LogP contribution in [0.4, 0.5) is 0 Å². The van der Waals surface area contributed by atoms with Gasteiger partial charge in [-0.25, -0.2) is 4.98 Å². The number of hydrogen-bond donors (Lipinski definition) is 0. The van der Waals surface area contributed by atoms with Gasteiger partial charge in [0.15, 0.2) is 0 Å². The van der Waals surface area contributed by atoms with Crippen molar-refractivity contribution < 1.29 is 4.74 Å². The van der Waals surface area contributed by atoms with E-state index in [1.54, 1.807) is 7.11 Å². The van der Waals surface area contributed by atoms with E-state index in [4.69, 9.17) is 4.74 Å². The van der Waals surface area contributed by atoms with Gasteiger partial charge in [-0.1, -0.05) is 25.8 Å². The first kappa shape index (κ1) is 13.3. The molecule has 3 nitrogen and oxygen atoms in total. The Kier molecular flexibility index (Phi) is 5.00. The standard InChI is InChI=1S/C15H24N2O/c1-3-4-11-17-12-6-5-9-14(17)13-8-7-10-16-15(13)18-2/h7-8,10,14H,3-6,9,11-12H2,1-2H3/t14-/m1/s1. The van der Waals surface area contributed by atoms with Crippen molar-refractivity contribution in [3.63, 3.8) is 0 Å². The van der Waals surface area contributed by atoms with E-state index in [-0.39, 0.29) is 0 Å². The fourth-order valence-electron chi connectivity index (χ4n) is 2.80. The molecule has 1 atom stereocenters. The van der Waals surface area contributed by atoms with E-state index in [9.17, 15) is 0 Å². The number of methoxy groups -OCH3 is 1. The molecule has 0 aromatic carbocycles. The van der Waals surface area contributed by atoms with Crippen LogP contribution >= 0.6 is 0 Å². The monoisotopic (exact) mass is 248 g/mol. The maximum absolute atomic E-state index is 5.41. The molecule has 0 saturated carbocycles. The largest absolute Gasteiger partial charge is 0.481 e. The lowest BCUT2D eigenvalue weighted by molar-refractivity contribution is 0.143. The lowest BCUT2D eigenvalue weighted by Gasteiger charge is -2.36. The smallest absolute Gasteiger partial charge is 0.217 e. The quantitative estimate of drug-likeness (QED) is 0.798. The van der Waals surface area contributed by atoms with Crippen LogP contribution in [0.1, 0.15) is 50.6 Å². The molecule has 100 valence electrons. The topological polar surface area (TPSA) is 25.4 Å². The molecule has 18 heavy (non-hydrogen) atoms. The van der Waals surface area contributed by atoms with Gasteiger partial charge in [0.25, 0.3) is 0 Å². The number of hydrogen-bond acceptors (Lipinski definition) is 3. The van der Waals surface area contributed by atoms with Gasteiger partial charge in [0.2, 0.25) is 5.88 Å². The summed E-state index contributed by atoms with van der Waals surface area (Å²) in [7, 11) is 1.71. The zero-order valence-electron chi connectivity index (χ0n) is 11.6. The van der Waals surface area contributed by atoms with Crippen LogP contribution in [0.25, 0.3) is 0 Å². The van der Waals surface area contributed by atoms with Crippen molar-refractivity contribution in [2.24, 2.45) is 0 Å². The number of pyridine rings is 1. The summed E-state index contributed by atoms with van der Waals surface area (Å²) in [6.07, 6.45) is 8.20. The zero-order chi connectivity index (χ0) is 12.8. The van der Waals surface area contributed by atoms with Crippen molar-refractivity contribution >= 4 is 0 Å². The summed E-state index contributed by atoms with van der Waals surface area (Å²) in [5.41, 5.74) is 1.26. The molecule has 1 aromatic rings. The normalized spacial score (nSPS) is 20.9. The fourth-order valence-corrected chi connectivity index (χ4v) is 2.80. The Hall–Kier alpha value is -1.09. The lowest BCUT2D eigenvalue weighted by Crippen LogP contribution is -2.34. The van der Waals surface area contributed by atoms with E-state index >= 15 is 0 Å². The third kappa shape index (κ3) is 3.02. The summed E-state index contributed by atoms with van der Waals surface area (Å²) in [4.78, 5) is 6.94. The van der Waals surface area contributed by atoms with Crippen LogP contribution in [0.2, 0.25) is 0 Å². The van der Waals surface area contributed by atoms with E-state index < -0.39 is 0 Å². The first-order valence-corrected chi connectivity index (χ1v) is 7.09. The number of nitrogens with zero attached hydrogens (tertiary/aromatic N) is 2. The van der Waals surface area contributed by atoms with E-state index in [2.05, 4.69) is 22.9 Å². The minimum absolute atomic E-state index is 0.494. The number of piperidine rings is 1. The van der Waals surface area contributed by atoms with Crippen molar-refractivity contribution in [2.75, 3.05) is 20.2 Å². The molecule has 1 aliphatic rings. The molecule has 1 saturated heterocycles. The molecule has 0 N–H and O–H groups in total. The van der Waals surface area contributed by atoms with Gasteiger partial charge in [0.1, 0.15) is 0 Å². The third-order valence-corrected chi connectivity index (χ3v) is 3.77. The molecule has 2 rings (SSSR count). The van der Waals surface area contributed by atoms with Crippen molar-refractivity contribution in [3.8, 4) is 5.88 Å². The van der Waals surface area contributed by atoms with Gasteiger partial charge in [-0.2, -0.15) is 0 Å². The second kappa shape index (κ2) is 6.74. The summed E-state index contributed by atoms with van der Waals surface area (Å²) in [5, 5.41) is 0. The summed E-state index contributed by atoms with van der Waals surface area (Å²) < 4.78 is 5.41. The fraction of sp³-hybridized carbons (Fsp3) is 0.667. The Morgan fingerprint density at radius 1 is 1.44 bits per heavy atom. The van der Waals surface area contributed by atoms with E-state index in [0.29, 0.717) is 6.04 Å². The molecule has 1 aromatic heterocycles. The summed E-state index contributed by atoms with van der Waals surface area (Å²) >= 11 is 0. The molecular weight excluding hydrogens is 224 g/mol. The van der Waals surface area contributed by atoms with Crippen molar-refractivity contribution in [2.45, 2.75) is 45.1 Å². The van der Waals surface area contributed by atoms with Crippen LogP contribution in [0, 0.1) is 0 Å². The predicted octanol–water partition coefficient (Wildman–Crippen LogP) is 3.42. The molecule has 0 bridgehead atoms. The van der Waals surface area contributed by atoms with Gasteiger partial charge in [-0.05, 0) is 38.4 Å². The number of likely N-dealkylation sites (tertiary alicyclic amines) is 1. The maximum Gasteiger partial charge on any atom is 0.217 e. The number of ether oxygens (including phenoxy) is 1. The van der Waals surface area contributed by atoms with E-state index in [1.165, 1.54) is 50.8 Å². The molecule has 0 aliphatic carbocycles. The highest BCUT2D eigenvalue weighted by Gasteiger charge is 2.26. The van der Waals surface area contributed by atoms with Crippen LogP contribution in [0.5, 0.6) is 5.88 Å². The van der Waals surface area contributed by atoms with E-state index in [0.717, 1.165) is 5.88 Å². The molecular formula is C15H24N2O. The minimum Gasteiger partial charge on any atom is -0.481 e. The Labute approximate surface area is 110 Å². The lowest BCUT2D eigenvalue weighted by atomic mass is 9.95. The number of unbranched alkanes of at least 4 members (excludes halogenated alkanes) is 1. The first-order valence-electron chi connectivity index (χ1n) is 7.09. The van der Waals surface area contributed by atoms with Crippen LogP contribution in [0.15, 0.2) is 18.3 Å². The Balaban J connectivity index is 2.16. The van der Waals surface area contributed by atoms with Crippen molar-refractivity contribution in [1.82, 2.24) is 9.88 Å². The summed E-state index contributed by atoms with van der Waals surface area (Å²) in [6.45, 7) is 4.66. The van der Waals surface area contributed by atoms with Crippen LogP contribution < -0.4 is 4.74 Å². The highest BCUT2D eigenvalue weighted by atomic mass is 16.5. The highest BCUT2D eigenvalue weighted by molar-refractivity contribution is 5.29. The predicted molar refractivity (Wildman–Crippen MR) is 73.9 cm³/mol. The van der Waals surface area contributed by atoms with E-state index in [1.807, 2.05) is 12.3 Å². The maximum atomic E-state index is 5.41. The SMILES string of the molecule is CCCCN1CCCC[C@@H]1c1cccnc1OC. The van der Waals surface area contributed by atoms with Crippen molar-refractivity contribution in [3.05, 3.63) is 23.9 Å².